The predicted octanol–water partition coefficient (Wildman–Crippen LogP) is 0.995. The SMILES string of the molecule is CCN(N=Nc1nonc1OC)c1nonc1OC. The molecule has 2 aromatic rings. The number of anilines is 1. The molecule has 0 atom stereocenters. The molecular weight excluding hydrogens is 258 g/mol. The van der Waals surface area contributed by atoms with Crippen molar-refractivity contribution in [1.82, 2.24) is 20.6 Å². The van der Waals surface area contributed by atoms with Gasteiger partial charge in [0.05, 0.1) is 14.2 Å². The summed E-state index contributed by atoms with van der Waals surface area (Å²) in [4.78, 5) is 0. The second-order valence-corrected chi connectivity index (χ2v) is 3.10. The van der Waals surface area contributed by atoms with Gasteiger partial charge in [-0.2, -0.15) is 0 Å². The van der Waals surface area contributed by atoms with Crippen molar-refractivity contribution in [2.75, 3.05) is 25.8 Å². The van der Waals surface area contributed by atoms with E-state index in [1.54, 1.807) is 0 Å². The molecule has 0 amide bonds. The molecule has 0 aromatic carbocycles. The summed E-state index contributed by atoms with van der Waals surface area (Å²) in [6.07, 6.45) is 0. The molecule has 19 heavy (non-hydrogen) atoms. The fraction of sp³-hybridized carbons (Fsp3) is 0.500. The molecule has 2 heterocycles. The first-order chi connectivity index (χ1) is 9.30. The summed E-state index contributed by atoms with van der Waals surface area (Å²) in [6.45, 7) is 2.30. The van der Waals surface area contributed by atoms with E-state index in [0.717, 1.165) is 0 Å². The van der Waals surface area contributed by atoms with Crippen LogP contribution in [0.15, 0.2) is 19.6 Å². The Morgan fingerprint density at radius 1 is 1.05 bits per heavy atom. The zero-order chi connectivity index (χ0) is 13.7. The minimum Gasteiger partial charge on any atom is -0.476 e. The molecule has 2 aromatic heterocycles. The molecule has 2 rings (SSSR count). The number of rotatable bonds is 6. The zero-order valence-electron chi connectivity index (χ0n) is 10.5. The number of nitrogens with zero attached hydrogens (tertiary/aromatic N) is 7. The summed E-state index contributed by atoms with van der Waals surface area (Å²) >= 11 is 0. The number of methoxy groups -OCH3 is 2. The summed E-state index contributed by atoms with van der Waals surface area (Å²) in [7, 11) is 2.86. The van der Waals surface area contributed by atoms with Crippen LogP contribution in [0, 0.1) is 0 Å². The molecule has 0 aliphatic carbocycles. The van der Waals surface area contributed by atoms with Gasteiger partial charge in [-0.3, -0.25) is 0 Å². The van der Waals surface area contributed by atoms with Crippen molar-refractivity contribution in [2.45, 2.75) is 6.92 Å². The van der Waals surface area contributed by atoms with Crippen LogP contribution in [0.2, 0.25) is 0 Å². The summed E-state index contributed by atoms with van der Waals surface area (Å²) < 4.78 is 18.9. The lowest BCUT2D eigenvalue weighted by molar-refractivity contribution is 0.281. The van der Waals surface area contributed by atoms with Crippen LogP contribution in [-0.2, 0) is 0 Å². The molecule has 0 saturated carbocycles. The zero-order valence-corrected chi connectivity index (χ0v) is 10.5. The molecule has 0 radical (unpaired) electrons. The van der Waals surface area contributed by atoms with Gasteiger partial charge in [0.2, 0.25) is 0 Å². The van der Waals surface area contributed by atoms with Crippen molar-refractivity contribution in [3.05, 3.63) is 0 Å². The van der Waals surface area contributed by atoms with Gasteiger partial charge in [0.25, 0.3) is 11.6 Å². The lowest BCUT2D eigenvalue weighted by Crippen LogP contribution is -2.15. The average molecular weight is 269 g/mol. The molecule has 0 N–H and O–H groups in total. The largest absolute Gasteiger partial charge is 0.476 e. The van der Waals surface area contributed by atoms with Crippen LogP contribution in [-0.4, -0.2) is 41.4 Å². The smallest absolute Gasteiger partial charge is 0.304 e. The standard InChI is InChI=1S/C8H11N7O4/c1-4-15(6-8(17-3)13-19-11-6)14-9-5-7(16-2)12-18-10-5/h4H2,1-3H3. The van der Waals surface area contributed by atoms with Gasteiger partial charge in [0.1, 0.15) is 0 Å². The maximum atomic E-state index is 4.97. The van der Waals surface area contributed by atoms with Crippen molar-refractivity contribution in [3.8, 4) is 11.8 Å². The van der Waals surface area contributed by atoms with Crippen molar-refractivity contribution in [2.24, 2.45) is 10.3 Å². The molecule has 0 spiro atoms. The van der Waals surface area contributed by atoms with Crippen LogP contribution < -0.4 is 14.5 Å². The molecule has 11 heteroatoms. The fourth-order valence-electron chi connectivity index (χ4n) is 1.18. The Morgan fingerprint density at radius 3 is 2.42 bits per heavy atom. The van der Waals surface area contributed by atoms with Crippen LogP contribution in [0.3, 0.4) is 0 Å². The van der Waals surface area contributed by atoms with Gasteiger partial charge < -0.3 is 9.47 Å². The Morgan fingerprint density at radius 2 is 1.74 bits per heavy atom. The van der Waals surface area contributed by atoms with Crippen molar-refractivity contribution < 1.29 is 18.7 Å². The highest BCUT2D eigenvalue weighted by atomic mass is 16.6. The molecule has 11 nitrogen and oxygen atoms in total. The van der Waals surface area contributed by atoms with Crippen molar-refractivity contribution in [3.63, 3.8) is 0 Å². The summed E-state index contributed by atoms with van der Waals surface area (Å²) in [5.74, 6) is 0.733. The third-order valence-corrected chi connectivity index (χ3v) is 2.06. The maximum Gasteiger partial charge on any atom is 0.304 e. The van der Waals surface area contributed by atoms with Crippen LogP contribution in [0.25, 0.3) is 0 Å². The topological polar surface area (TPSA) is 124 Å². The Hall–Kier alpha value is -2.72. The normalized spacial score (nSPS) is 10.9. The van der Waals surface area contributed by atoms with Gasteiger partial charge in [-0.25, -0.2) is 14.3 Å². The van der Waals surface area contributed by atoms with Gasteiger partial charge in [0.15, 0.2) is 0 Å². The van der Waals surface area contributed by atoms with E-state index in [1.165, 1.54) is 19.2 Å². The maximum absolute atomic E-state index is 4.97. The first kappa shape index (κ1) is 12.7. The average Bonchev–Trinajstić information content (AvgIpc) is 3.07. The second-order valence-electron chi connectivity index (χ2n) is 3.10. The summed E-state index contributed by atoms with van der Waals surface area (Å²) in [5.41, 5.74) is 0. The van der Waals surface area contributed by atoms with E-state index >= 15 is 0 Å². The highest BCUT2D eigenvalue weighted by Gasteiger charge is 2.18. The summed E-state index contributed by atoms with van der Waals surface area (Å²) in [6, 6.07) is 0. The van der Waals surface area contributed by atoms with E-state index in [2.05, 4.69) is 40.2 Å². The molecule has 0 saturated heterocycles. The van der Waals surface area contributed by atoms with Crippen LogP contribution in [0.1, 0.15) is 6.92 Å². The lowest BCUT2D eigenvalue weighted by atomic mass is 10.6. The van der Waals surface area contributed by atoms with E-state index in [0.29, 0.717) is 12.4 Å². The quantitative estimate of drug-likeness (QED) is 0.557. The van der Waals surface area contributed by atoms with Gasteiger partial charge >= 0.3 is 11.8 Å². The van der Waals surface area contributed by atoms with Gasteiger partial charge in [0, 0.05) is 6.54 Å². The highest BCUT2D eigenvalue weighted by Crippen LogP contribution is 2.26. The third kappa shape index (κ3) is 2.59. The first-order valence-corrected chi connectivity index (χ1v) is 5.22. The molecule has 0 aliphatic heterocycles. The van der Waals surface area contributed by atoms with Crippen molar-refractivity contribution in [1.29, 1.82) is 0 Å². The van der Waals surface area contributed by atoms with Crippen LogP contribution in [0.5, 0.6) is 11.8 Å². The Balaban J connectivity index is 2.20. The van der Waals surface area contributed by atoms with E-state index < -0.39 is 0 Å². The molecule has 0 bridgehead atoms. The summed E-state index contributed by atoms with van der Waals surface area (Å²) in [5, 5.41) is 23.4. The van der Waals surface area contributed by atoms with E-state index in [4.69, 9.17) is 9.47 Å². The highest BCUT2D eigenvalue weighted by molar-refractivity contribution is 5.45. The van der Waals surface area contributed by atoms with Gasteiger partial charge in [-0.15, -0.1) is 5.11 Å². The molecule has 102 valence electrons. The van der Waals surface area contributed by atoms with Gasteiger partial charge in [-0.05, 0) is 27.6 Å². The predicted molar refractivity (Wildman–Crippen MR) is 59.2 cm³/mol. The number of ether oxygens (including phenoxy) is 2. The Bertz CT molecular complexity index is 551. The lowest BCUT2D eigenvalue weighted by Gasteiger charge is -2.10. The number of hydrogen-bond donors (Lipinski definition) is 0. The first-order valence-electron chi connectivity index (χ1n) is 5.22. The van der Waals surface area contributed by atoms with Crippen molar-refractivity contribution >= 4 is 11.6 Å². The van der Waals surface area contributed by atoms with E-state index in [1.807, 2.05) is 6.92 Å². The van der Waals surface area contributed by atoms with E-state index in [9.17, 15) is 0 Å². The molecule has 0 aliphatic rings. The number of aromatic nitrogens is 4. The van der Waals surface area contributed by atoms with Gasteiger partial charge in [-0.1, -0.05) is 5.22 Å². The Labute approximate surface area is 107 Å². The van der Waals surface area contributed by atoms with Crippen LogP contribution >= 0.6 is 0 Å². The molecule has 0 fully saturated rings. The molecule has 0 unspecified atom stereocenters. The third-order valence-electron chi connectivity index (χ3n) is 2.06. The second kappa shape index (κ2) is 5.75. The Kier molecular flexibility index (Phi) is 3.85. The minimum absolute atomic E-state index is 0.108. The fourth-order valence-corrected chi connectivity index (χ4v) is 1.18. The monoisotopic (exact) mass is 269 g/mol. The van der Waals surface area contributed by atoms with E-state index in [-0.39, 0.29) is 17.6 Å². The minimum atomic E-state index is 0.108. The van der Waals surface area contributed by atoms with Crippen LogP contribution in [0.4, 0.5) is 11.6 Å². The number of hydrogen-bond acceptors (Lipinski definition) is 10. The molecular formula is C8H11N7O4.